The van der Waals surface area contributed by atoms with Crippen LogP contribution in [-0.4, -0.2) is 5.78 Å². The lowest BCUT2D eigenvalue weighted by Gasteiger charge is -2.20. The van der Waals surface area contributed by atoms with Crippen molar-refractivity contribution >= 4 is 23.2 Å². The molecule has 1 aliphatic heterocycles. The van der Waals surface area contributed by atoms with Crippen LogP contribution in [0.2, 0.25) is 0 Å². The lowest BCUT2D eigenvalue weighted by Crippen LogP contribution is -2.17. The van der Waals surface area contributed by atoms with Gasteiger partial charge in [-0.1, -0.05) is 54.2 Å². The number of furan rings is 1. The van der Waals surface area contributed by atoms with E-state index in [0.29, 0.717) is 5.76 Å². The third kappa shape index (κ3) is 2.88. The molecule has 118 valence electrons. The first-order valence-corrected chi connectivity index (χ1v) is 8.51. The third-order valence-corrected chi connectivity index (χ3v) is 4.95. The average molecular weight is 333 g/mol. The van der Waals surface area contributed by atoms with E-state index in [0.717, 1.165) is 22.2 Å². The maximum Gasteiger partial charge on any atom is 0.223 e. The zero-order valence-corrected chi connectivity index (χ0v) is 13.7. The topological polar surface area (TPSA) is 33.5 Å². The fraction of sp³-hybridized carbons (Fsp3) is 0.0500. The molecule has 0 spiro atoms. The Bertz CT molecular complexity index is 885. The van der Waals surface area contributed by atoms with Crippen LogP contribution in [0.15, 0.2) is 93.4 Å². The summed E-state index contributed by atoms with van der Waals surface area (Å²) >= 11 is 1.61. The maximum atomic E-state index is 12.4. The Hall–Kier alpha value is -2.72. The van der Waals surface area contributed by atoms with E-state index in [1.807, 2.05) is 30.3 Å². The SMILES string of the molecule is O=C(C=C1Sc2ccccc2N1Cc1ccccc1)c1ccco1. The molecule has 2 aromatic carbocycles. The minimum Gasteiger partial charge on any atom is -0.461 e. The monoisotopic (exact) mass is 333 g/mol. The summed E-state index contributed by atoms with van der Waals surface area (Å²) in [7, 11) is 0. The molecule has 0 amide bonds. The summed E-state index contributed by atoms with van der Waals surface area (Å²) in [4.78, 5) is 15.7. The lowest BCUT2D eigenvalue weighted by molar-refractivity contribution is 0.102. The van der Waals surface area contributed by atoms with Crippen LogP contribution in [0, 0.1) is 0 Å². The molecule has 3 nitrogen and oxygen atoms in total. The molecule has 0 fully saturated rings. The Balaban J connectivity index is 1.69. The van der Waals surface area contributed by atoms with Gasteiger partial charge in [0.1, 0.15) is 0 Å². The van der Waals surface area contributed by atoms with Gasteiger partial charge in [0, 0.05) is 17.5 Å². The first-order valence-electron chi connectivity index (χ1n) is 7.69. The minimum atomic E-state index is -0.117. The highest BCUT2D eigenvalue weighted by atomic mass is 32.2. The van der Waals surface area contributed by atoms with Crippen molar-refractivity contribution in [3.8, 4) is 0 Å². The van der Waals surface area contributed by atoms with Crippen molar-refractivity contribution in [2.75, 3.05) is 4.90 Å². The summed E-state index contributed by atoms with van der Waals surface area (Å²) in [5.74, 6) is 0.243. The number of benzene rings is 2. The molecule has 0 N–H and O–H groups in total. The smallest absolute Gasteiger partial charge is 0.223 e. The van der Waals surface area contributed by atoms with E-state index in [9.17, 15) is 4.79 Å². The van der Waals surface area contributed by atoms with Gasteiger partial charge in [-0.05, 0) is 29.8 Å². The molecule has 0 aliphatic carbocycles. The second-order valence-electron chi connectivity index (χ2n) is 5.47. The molecule has 0 atom stereocenters. The molecule has 24 heavy (non-hydrogen) atoms. The first kappa shape index (κ1) is 14.8. The second kappa shape index (κ2) is 6.42. The number of ketones is 1. The standard InChI is InChI=1S/C20H15NO2S/c22-17(18-10-6-12-23-18)13-20-21(14-15-7-2-1-3-8-15)16-9-4-5-11-19(16)24-20/h1-13H,14H2. The van der Waals surface area contributed by atoms with Crippen LogP contribution in [0.25, 0.3) is 0 Å². The number of nitrogens with zero attached hydrogens (tertiary/aromatic N) is 1. The molecule has 4 rings (SSSR count). The summed E-state index contributed by atoms with van der Waals surface area (Å²) in [6.07, 6.45) is 3.18. The van der Waals surface area contributed by atoms with E-state index >= 15 is 0 Å². The summed E-state index contributed by atoms with van der Waals surface area (Å²) in [5.41, 5.74) is 2.33. The summed E-state index contributed by atoms with van der Waals surface area (Å²) < 4.78 is 5.21. The van der Waals surface area contributed by atoms with Crippen molar-refractivity contribution in [3.05, 3.63) is 95.4 Å². The van der Waals surface area contributed by atoms with Gasteiger partial charge in [-0.2, -0.15) is 0 Å². The van der Waals surface area contributed by atoms with Gasteiger partial charge in [0.2, 0.25) is 5.78 Å². The number of hydrogen-bond acceptors (Lipinski definition) is 4. The van der Waals surface area contributed by atoms with Gasteiger partial charge in [0.25, 0.3) is 0 Å². The predicted molar refractivity (Wildman–Crippen MR) is 96.0 cm³/mol. The van der Waals surface area contributed by atoms with Gasteiger partial charge >= 0.3 is 0 Å². The Morgan fingerprint density at radius 3 is 2.58 bits per heavy atom. The molecule has 0 radical (unpaired) electrons. The number of allylic oxidation sites excluding steroid dienone is 1. The molecule has 1 aromatic heterocycles. The minimum absolute atomic E-state index is 0.117. The highest BCUT2D eigenvalue weighted by Gasteiger charge is 2.26. The number of rotatable bonds is 4. The fourth-order valence-electron chi connectivity index (χ4n) is 2.69. The van der Waals surface area contributed by atoms with Crippen molar-refractivity contribution in [1.82, 2.24) is 0 Å². The van der Waals surface area contributed by atoms with Crippen molar-refractivity contribution in [1.29, 1.82) is 0 Å². The quantitative estimate of drug-likeness (QED) is 0.490. The zero-order chi connectivity index (χ0) is 16.4. The molecule has 0 saturated heterocycles. The van der Waals surface area contributed by atoms with Crippen LogP contribution in [0.4, 0.5) is 5.69 Å². The van der Waals surface area contributed by atoms with E-state index in [1.54, 1.807) is 30.0 Å². The molecular formula is C20H15NO2S. The Kier molecular flexibility index (Phi) is 3.97. The van der Waals surface area contributed by atoms with Gasteiger partial charge in [-0.3, -0.25) is 4.79 Å². The van der Waals surface area contributed by atoms with Crippen LogP contribution in [0.1, 0.15) is 16.1 Å². The molecule has 0 bridgehead atoms. The largest absolute Gasteiger partial charge is 0.461 e. The molecule has 4 heteroatoms. The average Bonchev–Trinajstić information content (AvgIpc) is 3.25. The predicted octanol–water partition coefficient (Wildman–Crippen LogP) is 5.12. The summed E-state index contributed by atoms with van der Waals surface area (Å²) in [5, 5.41) is 0.918. The van der Waals surface area contributed by atoms with Gasteiger partial charge in [0.05, 0.1) is 17.0 Å². The third-order valence-electron chi connectivity index (χ3n) is 3.84. The number of para-hydroxylation sites is 1. The van der Waals surface area contributed by atoms with Gasteiger partial charge in [-0.25, -0.2) is 0 Å². The van der Waals surface area contributed by atoms with Gasteiger partial charge in [-0.15, -0.1) is 0 Å². The van der Waals surface area contributed by atoms with Gasteiger partial charge in [0.15, 0.2) is 5.76 Å². The van der Waals surface area contributed by atoms with Crippen molar-refractivity contribution in [2.24, 2.45) is 0 Å². The molecule has 1 aliphatic rings. The molecule has 2 heterocycles. The molecule has 0 saturated carbocycles. The fourth-order valence-corrected chi connectivity index (χ4v) is 3.79. The first-order chi connectivity index (χ1) is 11.8. The molecular weight excluding hydrogens is 318 g/mol. The summed E-state index contributed by atoms with van der Waals surface area (Å²) in [6.45, 7) is 0.724. The van der Waals surface area contributed by atoms with Crippen LogP contribution in [0.3, 0.4) is 0 Å². The Morgan fingerprint density at radius 2 is 1.79 bits per heavy atom. The van der Waals surface area contributed by atoms with Crippen molar-refractivity contribution < 1.29 is 9.21 Å². The number of carbonyl (C=O) groups is 1. The van der Waals surface area contributed by atoms with Crippen LogP contribution < -0.4 is 4.90 Å². The van der Waals surface area contributed by atoms with E-state index < -0.39 is 0 Å². The van der Waals surface area contributed by atoms with Crippen LogP contribution in [-0.2, 0) is 6.54 Å². The summed E-state index contributed by atoms with van der Waals surface area (Å²) in [6, 6.07) is 21.9. The highest BCUT2D eigenvalue weighted by molar-refractivity contribution is 8.03. The lowest BCUT2D eigenvalue weighted by atomic mass is 10.2. The van der Waals surface area contributed by atoms with Crippen LogP contribution >= 0.6 is 11.8 Å². The van der Waals surface area contributed by atoms with Crippen LogP contribution in [0.5, 0.6) is 0 Å². The zero-order valence-electron chi connectivity index (χ0n) is 12.9. The second-order valence-corrected chi connectivity index (χ2v) is 6.53. The highest BCUT2D eigenvalue weighted by Crippen LogP contribution is 2.46. The van der Waals surface area contributed by atoms with Crippen molar-refractivity contribution in [2.45, 2.75) is 11.4 Å². The normalized spacial score (nSPS) is 14.8. The number of fused-ring (bicyclic) bond motifs is 1. The maximum absolute atomic E-state index is 12.4. The Morgan fingerprint density at radius 1 is 1.00 bits per heavy atom. The van der Waals surface area contributed by atoms with E-state index in [-0.39, 0.29) is 5.78 Å². The number of thioether (sulfide) groups is 1. The number of hydrogen-bond donors (Lipinski definition) is 0. The van der Waals surface area contributed by atoms with E-state index in [2.05, 4.69) is 29.2 Å². The van der Waals surface area contributed by atoms with E-state index in [4.69, 9.17) is 4.42 Å². The van der Waals surface area contributed by atoms with Crippen molar-refractivity contribution in [3.63, 3.8) is 0 Å². The molecule has 3 aromatic rings. The Labute approximate surface area is 144 Å². The number of carbonyl (C=O) groups excluding carboxylic acids is 1. The molecule has 0 unspecified atom stereocenters. The van der Waals surface area contributed by atoms with Gasteiger partial charge < -0.3 is 9.32 Å². The number of anilines is 1. The van der Waals surface area contributed by atoms with E-state index in [1.165, 1.54) is 11.8 Å².